The number of hydrogen-bond acceptors (Lipinski definition) is 3. The molecule has 0 aliphatic rings. The number of rotatable bonds is 7. The quantitative estimate of drug-likeness (QED) is 0.789. The largest absolute Gasteiger partial charge is 0.334 e. The third kappa shape index (κ3) is 3.87. The van der Waals surface area contributed by atoms with Crippen molar-refractivity contribution in [1.82, 2.24) is 14.9 Å². The third-order valence-corrected chi connectivity index (χ3v) is 4.37. The summed E-state index contributed by atoms with van der Waals surface area (Å²) in [5.74, 6) is 2.12. The predicted molar refractivity (Wildman–Crippen MR) is 86.2 cm³/mol. The van der Waals surface area contributed by atoms with Crippen molar-refractivity contribution in [3.63, 3.8) is 0 Å². The van der Waals surface area contributed by atoms with Gasteiger partial charge in [-0.25, -0.2) is 4.98 Å². The fourth-order valence-electron chi connectivity index (χ4n) is 2.23. The van der Waals surface area contributed by atoms with Crippen LogP contribution in [0.2, 0.25) is 0 Å². The molecule has 3 nitrogen and oxygen atoms in total. The number of aromatic nitrogens is 2. The predicted octanol–water partition coefficient (Wildman–Crippen LogP) is 3.65. The van der Waals surface area contributed by atoms with Crippen molar-refractivity contribution in [3.8, 4) is 0 Å². The minimum absolute atomic E-state index is 0.280. The molecule has 4 heteroatoms. The Morgan fingerprint density at radius 1 is 1.40 bits per heavy atom. The highest BCUT2D eigenvalue weighted by Gasteiger charge is 2.15. The molecular weight excluding hydrogens is 266 g/mol. The van der Waals surface area contributed by atoms with Crippen LogP contribution in [0.5, 0.6) is 0 Å². The Hall–Kier alpha value is -1.26. The highest BCUT2D eigenvalue weighted by Crippen LogP contribution is 2.24. The molecule has 0 aliphatic carbocycles. The van der Waals surface area contributed by atoms with E-state index in [0.29, 0.717) is 0 Å². The Bertz CT molecular complexity index is 536. The van der Waals surface area contributed by atoms with Gasteiger partial charge in [0.1, 0.15) is 5.82 Å². The second kappa shape index (κ2) is 7.50. The van der Waals surface area contributed by atoms with Gasteiger partial charge >= 0.3 is 0 Å². The molecule has 0 aliphatic heterocycles. The van der Waals surface area contributed by atoms with E-state index in [9.17, 15) is 0 Å². The molecule has 0 bridgehead atoms. The van der Waals surface area contributed by atoms with Crippen LogP contribution in [-0.2, 0) is 6.54 Å². The number of thioether (sulfide) groups is 1. The number of nitrogens with one attached hydrogen (secondary N) is 1. The molecule has 0 saturated carbocycles. The fraction of sp³-hybridized carbons (Fsp3) is 0.438. The van der Waals surface area contributed by atoms with Gasteiger partial charge in [0, 0.05) is 29.6 Å². The van der Waals surface area contributed by atoms with E-state index in [1.54, 1.807) is 0 Å². The van der Waals surface area contributed by atoms with Crippen LogP contribution in [0.15, 0.2) is 41.6 Å². The van der Waals surface area contributed by atoms with Crippen LogP contribution < -0.4 is 5.32 Å². The van der Waals surface area contributed by atoms with Crippen molar-refractivity contribution in [2.45, 2.75) is 37.8 Å². The van der Waals surface area contributed by atoms with Gasteiger partial charge in [-0.15, -0.1) is 11.8 Å². The van der Waals surface area contributed by atoms with Gasteiger partial charge < -0.3 is 9.88 Å². The molecule has 1 atom stereocenters. The van der Waals surface area contributed by atoms with E-state index < -0.39 is 0 Å². The van der Waals surface area contributed by atoms with Gasteiger partial charge in [0.2, 0.25) is 0 Å². The maximum atomic E-state index is 4.52. The first-order valence-electron chi connectivity index (χ1n) is 7.12. The monoisotopic (exact) mass is 289 g/mol. The summed E-state index contributed by atoms with van der Waals surface area (Å²) in [6.45, 7) is 5.36. The zero-order valence-electron chi connectivity index (χ0n) is 12.5. The van der Waals surface area contributed by atoms with E-state index in [-0.39, 0.29) is 6.04 Å². The van der Waals surface area contributed by atoms with Crippen molar-refractivity contribution < 1.29 is 0 Å². The number of benzene rings is 1. The van der Waals surface area contributed by atoms with E-state index in [4.69, 9.17) is 0 Å². The van der Waals surface area contributed by atoms with Crippen LogP contribution in [-0.4, -0.2) is 22.4 Å². The lowest BCUT2D eigenvalue weighted by atomic mass is 10.2. The number of nitrogens with zero attached hydrogens (tertiary/aromatic N) is 2. The summed E-state index contributed by atoms with van der Waals surface area (Å²) in [7, 11) is 2.01. The van der Waals surface area contributed by atoms with Crippen molar-refractivity contribution >= 4 is 11.8 Å². The van der Waals surface area contributed by atoms with Gasteiger partial charge in [0.15, 0.2) is 0 Å². The van der Waals surface area contributed by atoms with Crippen molar-refractivity contribution in [2.24, 2.45) is 0 Å². The van der Waals surface area contributed by atoms with Crippen molar-refractivity contribution in [1.29, 1.82) is 0 Å². The van der Waals surface area contributed by atoms with Crippen LogP contribution >= 0.6 is 11.8 Å². The molecule has 2 aromatic rings. The van der Waals surface area contributed by atoms with Crippen LogP contribution in [0.25, 0.3) is 0 Å². The summed E-state index contributed by atoms with van der Waals surface area (Å²) < 4.78 is 2.25. The van der Waals surface area contributed by atoms with Crippen LogP contribution in [0.1, 0.15) is 30.8 Å². The summed E-state index contributed by atoms with van der Waals surface area (Å²) >= 11 is 1.88. The van der Waals surface area contributed by atoms with E-state index in [1.807, 2.05) is 25.0 Å². The van der Waals surface area contributed by atoms with Crippen LogP contribution in [0, 0.1) is 6.92 Å². The average molecular weight is 289 g/mol. The molecular formula is C16H23N3S. The molecule has 2 rings (SSSR count). The molecule has 108 valence electrons. The van der Waals surface area contributed by atoms with Gasteiger partial charge in [0.05, 0.1) is 6.04 Å². The molecule has 1 N–H and O–H groups in total. The summed E-state index contributed by atoms with van der Waals surface area (Å²) in [6.07, 6.45) is 5.10. The lowest BCUT2D eigenvalue weighted by Gasteiger charge is -2.17. The Morgan fingerprint density at radius 3 is 2.95 bits per heavy atom. The average Bonchev–Trinajstić information content (AvgIpc) is 2.89. The number of aryl methyl sites for hydroxylation is 2. The fourth-order valence-corrected chi connectivity index (χ4v) is 3.35. The molecule has 1 aromatic carbocycles. The minimum Gasteiger partial charge on any atom is -0.334 e. The summed E-state index contributed by atoms with van der Waals surface area (Å²) in [6, 6.07) is 8.93. The lowest BCUT2D eigenvalue weighted by molar-refractivity contribution is 0.552. The van der Waals surface area contributed by atoms with E-state index in [2.05, 4.69) is 59.2 Å². The molecule has 0 fully saturated rings. The maximum absolute atomic E-state index is 4.52. The molecule has 0 spiro atoms. The minimum atomic E-state index is 0.280. The Kier molecular flexibility index (Phi) is 5.68. The topological polar surface area (TPSA) is 29.9 Å². The lowest BCUT2D eigenvalue weighted by Crippen LogP contribution is -2.23. The Morgan fingerprint density at radius 2 is 2.25 bits per heavy atom. The highest BCUT2D eigenvalue weighted by atomic mass is 32.2. The first kappa shape index (κ1) is 15.1. The van der Waals surface area contributed by atoms with E-state index in [1.165, 1.54) is 10.5 Å². The number of hydrogen-bond donors (Lipinski definition) is 1. The first-order valence-corrected chi connectivity index (χ1v) is 8.11. The summed E-state index contributed by atoms with van der Waals surface area (Å²) in [5.41, 5.74) is 1.31. The maximum Gasteiger partial charge on any atom is 0.126 e. The van der Waals surface area contributed by atoms with Crippen LogP contribution in [0.4, 0.5) is 0 Å². The van der Waals surface area contributed by atoms with Crippen LogP contribution in [0.3, 0.4) is 0 Å². The zero-order chi connectivity index (χ0) is 14.4. The molecule has 0 saturated heterocycles. The second-order valence-corrected chi connectivity index (χ2v) is 6.04. The van der Waals surface area contributed by atoms with Gasteiger partial charge in [-0.2, -0.15) is 0 Å². The van der Waals surface area contributed by atoms with Crippen molar-refractivity contribution in [2.75, 3.05) is 12.8 Å². The highest BCUT2D eigenvalue weighted by molar-refractivity contribution is 7.99. The normalized spacial score (nSPS) is 12.6. The Labute approximate surface area is 125 Å². The second-order valence-electron chi connectivity index (χ2n) is 4.95. The standard InChI is InChI=1S/C16H23N3S/c1-4-9-19-10-8-18-16(19)15(17-3)12-20-14-7-5-6-13(2)11-14/h5-8,10-11,15,17H,4,9,12H2,1-3H3. The zero-order valence-corrected chi connectivity index (χ0v) is 13.3. The molecule has 1 heterocycles. The number of imidazole rings is 1. The van der Waals surface area contributed by atoms with Crippen molar-refractivity contribution in [3.05, 3.63) is 48.0 Å². The molecule has 0 amide bonds. The van der Waals surface area contributed by atoms with Gasteiger partial charge in [0.25, 0.3) is 0 Å². The van der Waals surface area contributed by atoms with E-state index >= 15 is 0 Å². The first-order chi connectivity index (χ1) is 9.74. The smallest absolute Gasteiger partial charge is 0.126 e. The van der Waals surface area contributed by atoms with Gasteiger partial charge in [-0.3, -0.25) is 0 Å². The van der Waals surface area contributed by atoms with Gasteiger partial charge in [-0.05, 0) is 32.5 Å². The van der Waals surface area contributed by atoms with E-state index in [0.717, 1.165) is 24.5 Å². The third-order valence-electron chi connectivity index (χ3n) is 3.28. The summed E-state index contributed by atoms with van der Waals surface area (Å²) in [5, 5.41) is 3.38. The Balaban J connectivity index is 2.03. The molecule has 1 unspecified atom stereocenters. The summed E-state index contributed by atoms with van der Waals surface area (Å²) in [4.78, 5) is 5.84. The van der Waals surface area contributed by atoms with Gasteiger partial charge in [-0.1, -0.05) is 24.6 Å². The molecule has 0 radical (unpaired) electrons. The molecule has 20 heavy (non-hydrogen) atoms. The SMILES string of the molecule is CCCn1ccnc1C(CSc1cccc(C)c1)NC. The molecule has 1 aromatic heterocycles.